The monoisotopic (exact) mass is 555 g/mol. The molecule has 7 nitrogen and oxygen atoms in total. The molecule has 3 atom stereocenters. The SMILES string of the molecule is CCC(C)N(C(=O)C(CCSC)NC(=O)OC(C)(C)C)C(C(=O)Nc1ccccc1C)c1ccc(C)cc1C. The maximum atomic E-state index is 14.3. The normalized spacial score (nSPS) is 13.7. The van der Waals surface area contributed by atoms with Gasteiger partial charge in [-0.3, -0.25) is 9.59 Å². The predicted octanol–water partition coefficient (Wildman–Crippen LogP) is 6.57. The second-order valence-electron chi connectivity index (χ2n) is 11.0. The van der Waals surface area contributed by atoms with Gasteiger partial charge < -0.3 is 20.3 Å². The number of hydrogen-bond acceptors (Lipinski definition) is 5. The third-order valence-electron chi connectivity index (χ3n) is 6.57. The molecule has 0 aliphatic rings. The molecule has 0 saturated heterocycles. The van der Waals surface area contributed by atoms with Gasteiger partial charge in [0.25, 0.3) is 5.91 Å². The van der Waals surface area contributed by atoms with Crippen molar-refractivity contribution in [2.45, 2.75) is 92.0 Å². The van der Waals surface area contributed by atoms with Gasteiger partial charge in [-0.25, -0.2) is 4.79 Å². The summed E-state index contributed by atoms with van der Waals surface area (Å²) in [6.45, 7) is 15.2. The zero-order valence-corrected chi connectivity index (χ0v) is 25.7. The van der Waals surface area contributed by atoms with Crippen LogP contribution in [-0.4, -0.2) is 52.5 Å². The lowest BCUT2D eigenvalue weighted by molar-refractivity contribution is -0.143. The molecule has 2 rings (SSSR count). The number of alkyl carbamates (subject to hydrolysis) is 1. The summed E-state index contributed by atoms with van der Waals surface area (Å²) in [5.41, 5.74) is 3.65. The third kappa shape index (κ3) is 9.31. The first-order chi connectivity index (χ1) is 18.3. The summed E-state index contributed by atoms with van der Waals surface area (Å²) in [4.78, 5) is 42.8. The summed E-state index contributed by atoms with van der Waals surface area (Å²) < 4.78 is 5.48. The number of para-hydroxylation sites is 1. The highest BCUT2D eigenvalue weighted by molar-refractivity contribution is 7.98. The van der Waals surface area contributed by atoms with E-state index in [0.717, 1.165) is 22.3 Å². The van der Waals surface area contributed by atoms with Gasteiger partial charge >= 0.3 is 6.09 Å². The number of benzene rings is 2. The Bertz CT molecular complexity index is 1140. The highest BCUT2D eigenvalue weighted by Crippen LogP contribution is 2.31. The molecule has 0 spiro atoms. The Morgan fingerprint density at radius 3 is 2.26 bits per heavy atom. The molecule has 0 radical (unpaired) electrons. The number of ether oxygens (including phenoxy) is 1. The number of nitrogens with zero attached hydrogens (tertiary/aromatic N) is 1. The number of rotatable bonds is 11. The molecule has 0 bridgehead atoms. The molecule has 39 heavy (non-hydrogen) atoms. The second kappa shape index (κ2) is 14.4. The van der Waals surface area contributed by atoms with Gasteiger partial charge in [0.1, 0.15) is 17.7 Å². The van der Waals surface area contributed by atoms with Crippen molar-refractivity contribution in [2.24, 2.45) is 0 Å². The van der Waals surface area contributed by atoms with Gasteiger partial charge in [0.05, 0.1) is 0 Å². The van der Waals surface area contributed by atoms with Crippen molar-refractivity contribution < 1.29 is 19.1 Å². The van der Waals surface area contributed by atoms with Crippen LogP contribution in [0, 0.1) is 20.8 Å². The van der Waals surface area contributed by atoms with Crippen LogP contribution in [0.15, 0.2) is 42.5 Å². The summed E-state index contributed by atoms with van der Waals surface area (Å²) in [5.74, 6) is 0.0458. The van der Waals surface area contributed by atoms with Crippen LogP contribution in [-0.2, 0) is 14.3 Å². The lowest BCUT2D eigenvalue weighted by Gasteiger charge is -2.39. The van der Waals surface area contributed by atoms with E-state index in [1.165, 1.54) is 0 Å². The van der Waals surface area contributed by atoms with Crippen molar-refractivity contribution in [1.82, 2.24) is 10.2 Å². The second-order valence-corrected chi connectivity index (χ2v) is 12.0. The minimum Gasteiger partial charge on any atom is -0.444 e. The standard InChI is InChI=1S/C31H45N3O4S/c1-10-23(5)34(29(36)26(17-18-39-9)33-30(37)38-31(6,7)8)27(24-16-15-20(2)19-22(24)4)28(35)32-25-14-12-11-13-21(25)3/h11-16,19,23,26-27H,10,17-18H2,1-9H3,(H,32,35)(H,33,37). The van der Waals surface area contributed by atoms with Gasteiger partial charge in [0.15, 0.2) is 0 Å². The number of aryl methyl sites for hydroxylation is 3. The van der Waals surface area contributed by atoms with Crippen molar-refractivity contribution in [3.63, 3.8) is 0 Å². The summed E-state index contributed by atoms with van der Waals surface area (Å²) in [5, 5.41) is 5.87. The molecule has 0 heterocycles. The number of carbonyl (C=O) groups excluding carboxylic acids is 3. The van der Waals surface area contributed by atoms with Crippen LogP contribution in [0.4, 0.5) is 10.5 Å². The van der Waals surface area contributed by atoms with E-state index in [2.05, 4.69) is 10.6 Å². The Hall–Kier alpha value is -3.00. The van der Waals surface area contributed by atoms with Crippen molar-refractivity contribution in [1.29, 1.82) is 0 Å². The van der Waals surface area contributed by atoms with E-state index in [1.54, 1.807) is 37.4 Å². The Balaban J connectivity index is 2.61. The highest BCUT2D eigenvalue weighted by atomic mass is 32.2. The predicted molar refractivity (Wildman–Crippen MR) is 161 cm³/mol. The molecule has 3 unspecified atom stereocenters. The maximum Gasteiger partial charge on any atom is 0.408 e. The fourth-order valence-electron chi connectivity index (χ4n) is 4.38. The number of thioether (sulfide) groups is 1. The molecular weight excluding hydrogens is 510 g/mol. The smallest absolute Gasteiger partial charge is 0.408 e. The highest BCUT2D eigenvalue weighted by Gasteiger charge is 2.39. The van der Waals surface area contributed by atoms with Gasteiger partial charge in [-0.2, -0.15) is 11.8 Å². The Kier molecular flexibility index (Phi) is 11.9. The van der Waals surface area contributed by atoms with E-state index in [0.29, 0.717) is 24.3 Å². The van der Waals surface area contributed by atoms with Crippen molar-refractivity contribution >= 4 is 35.4 Å². The molecule has 0 saturated carbocycles. The zero-order valence-electron chi connectivity index (χ0n) is 24.9. The van der Waals surface area contributed by atoms with Crippen LogP contribution in [0.1, 0.15) is 75.8 Å². The summed E-state index contributed by atoms with van der Waals surface area (Å²) in [6, 6.07) is 11.5. The lowest BCUT2D eigenvalue weighted by Crippen LogP contribution is -2.55. The van der Waals surface area contributed by atoms with Crippen LogP contribution in [0.5, 0.6) is 0 Å². The van der Waals surface area contributed by atoms with Gasteiger partial charge in [-0.1, -0.05) is 48.9 Å². The molecular formula is C31H45N3O4S. The first kappa shape index (κ1) is 32.2. The van der Waals surface area contributed by atoms with Crippen LogP contribution < -0.4 is 10.6 Å². The fourth-order valence-corrected chi connectivity index (χ4v) is 4.85. The fraction of sp³-hybridized carbons (Fsp3) is 0.516. The van der Waals surface area contributed by atoms with Crippen molar-refractivity contribution in [3.05, 3.63) is 64.7 Å². The molecule has 2 aromatic carbocycles. The van der Waals surface area contributed by atoms with Crippen LogP contribution in [0.25, 0.3) is 0 Å². The minimum atomic E-state index is -0.898. The van der Waals surface area contributed by atoms with E-state index >= 15 is 0 Å². The summed E-state index contributed by atoms with van der Waals surface area (Å²) in [7, 11) is 0. The summed E-state index contributed by atoms with van der Waals surface area (Å²) >= 11 is 1.59. The summed E-state index contributed by atoms with van der Waals surface area (Å²) in [6.07, 6.45) is 2.34. The Morgan fingerprint density at radius 2 is 1.69 bits per heavy atom. The molecule has 8 heteroatoms. The van der Waals surface area contributed by atoms with Crippen LogP contribution >= 0.6 is 11.8 Å². The van der Waals surface area contributed by atoms with Gasteiger partial charge in [-0.15, -0.1) is 0 Å². The third-order valence-corrected chi connectivity index (χ3v) is 7.21. The van der Waals surface area contributed by atoms with Crippen molar-refractivity contribution in [3.8, 4) is 0 Å². The molecule has 214 valence electrons. The van der Waals surface area contributed by atoms with Crippen LogP contribution in [0.2, 0.25) is 0 Å². The molecule has 2 N–H and O–H groups in total. The average Bonchev–Trinajstić information content (AvgIpc) is 2.85. The zero-order chi connectivity index (χ0) is 29.3. The van der Waals surface area contributed by atoms with E-state index in [1.807, 2.05) is 83.3 Å². The van der Waals surface area contributed by atoms with Gasteiger partial charge in [0, 0.05) is 11.7 Å². The topological polar surface area (TPSA) is 87.7 Å². The lowest BCUT2D eigenvalue weighted by atomic mass is 9.94. The average molecular weight is 556 g/mol. The minimum absolute atomic E-state index is 0.275. The van der Waals surface area contributed by atoms with E-state index in [4.69, 9.17) is 4.74 Å². The molecule has 0 aromatic heterocycles. The van der Waals surface area contributed by atoms with E-state index in [-0.39, 0.29) is 17.9 Å². The molecule has 0 aliphatic heterocycles. The molecule has 3 amide bonds. The van der Waals surface area contributed by atoms with Gasteiger partial charge in [0.2, 0.25) is 5.91 Å². The maximum absolute atomic E-state index is 14.3. The molecule has 0 fully saturated rings. The number of hydrogen-bond donors (Lipinski definition) is 2. The van der Waals surface area contributed by atoms with E-state index < -0.39 is 23.8 Å². The number of anilines is 1. The quantitative estimate of drug-likeness (QED) is 0.328. The Labute approximate surface area is 238 Å². The first-order valence-electron chi connectivity index (χ1n) is 13.5. The Morgan fingerprint density at radius 1 is 1.03 bits per heavy atom. The van der Waals surface area contributed by atoms with Crippen molar-refractivity contribution in [2.75, 3.05) is 17.3 Å². The van der Waals surface area contributed by atoms with Gasteiger partial charge in [-0.05, 0) is 96.1 Å². The number of nitrogens with one attached hydrogen (secondary N) is 2. The van der Waals surface area contributed by atoms with Crippen LogP contribution in [0.3, 0.4) is 0 Å². The largest absolute Gasteiger partial charge is 0.444 e. The molecule has 0 aliphatic carbocycles. The number of amides is 3. The van der Waals surface area contributed by atoms with E-state index in [9.17, 15) is 14.4 Å². The molecule has 2 aromatic rings. The number of carbonyl (C=O) groups is 3. The first-order valence-corrected chi connectivity index (χ1v) is 14.9.